The lowest BCUT2D eigenvalue weighted by molar-refractivity contribution is 0.0784. The summed E-state index contributed by atoms with van der Waals surface area (Å²) in [4.78, 5) is 36.8. The standard InChI is InChI=1S/C34H39F2N5O3S/c1-21(2)28-10-24(15-37-17-28)16-38-18-30(42)29(11-23-8-6-5-7-9-23)40-33(43)26-12-25(32(35)36)13-27(14-26)34(44)41(4)19-31-39-22(3)20-45-31/h5-10,12-15,17,20-21,29-30,32,38,42H,11,16,18-19H2,1-4H3,(H,40,43)/t29-,30+/m0/s1. The SMILES string of the molecule is Cc1csc(CN(C)C(=O)c2cc(C(=O)N[C@@H](Cc3ccccc3)[C@H](O)CNCc3cncc(C(C)C)c3)cc(C(F)F)c2)n1. The van der Waals surface area contributed by atoms with Crippen molar-refractivity contribution in [1.29, 1.82) is 0 Å². The van der Waals surface area contributed by atoms with Gasteiger partial charge in [-0.05, 0) is 54.2 Å². The molecule has 4 rings (SSSR count). The Morgan fingerprint density at radius 2 is 1.73 bits per heavy atom. The molecule has 3 N–H and O–H groups in total. The molecule has 2 aromatic carbocycles. The number of aryl methyl sites for hydroxylation is 1. The molecule has 2 amide bonds. The van der Waals surface area contributed by atoms with E-state index in [1.165, 1.54) is 22.3 Å². The fourth-order valence-corrected chi connectivity index (χ4v) is 5.66. The number of aliphatic hydroxyl groups excluding tert-OH is 1. The van der Waals surface area contributed by atoms with Gasteiger partial charge in [0.05, 0.1) is 18.7 Å². The van der Waals surface area contributed by atoms with Gasteiger partial charge < -0.3 is 20.6 Å². The maximum atomic E-state index is 13.9. The van der Waals surface area contributed by atoms with Gasteiger partial charge in [0.1, 0.15) is 5.01 Å². The summed E-state index contributed by atoms with van der Waals surface area (Å²) < 4.78 is 27.8. The molecule has 8 nitrogen and oxygen atoms in total. The van der Waals surface area contributed by atoms with E-state index in [0.717, 1.165) is 34.5 Å². The fourth-order valence-electron chi connectivity index (χ4n) is 4.83. The van der Waals surface area contributed by atoms with E-state index in [0.29, 0.717) is 23.9 Å². The average Bonchev–Trinajstić information content (AvgIpc) is 3.44. The summed E-state index contributed by atoms with van der Waals surface area (Å²) in [6.07, 6.45) is -0.0111. The van der Waals surface area contributed by atoms with Crippen molar-refractivity contribution < 1.29 is 23.5 Å². The highest BCUT2D eigenvalue weighted by molar-refractivity contribution is 7.09. The summed E-state index contributed by atoms with van der Waals surface area (Å²) in [6.45, 7) is 6.85. The van der Waals surface area contributed by atoms with E-state index in [1.54, 1.807) is 13.2 Å². The van der Waals surface area contributed by atoms with Gasteiger partial charge in [-0.1, -0.05) is 50.2 Å². The average molecular weight is 636 g/mol. The van der Waals surface area contributed by atoms with Crippen LogP contribution in [0.25, 0.3) is 0 Å². The van der Waals surface area contributed by atoms with Gasteiger partial charge in [-0.15, -0.1) is 11.3 Å². The van der Waals surface area contributed by atoms with Crippen LogP contribution < -0.4 is 10.6 Å². The Hall–Kier alpha value is -4.06. The molecule has 0 aliphatic carbocycles. The van der Waals surface area contributed by atoms with Gasteiger partial charge in [0.2, 0.25) is 0 Å². The number of amides is 2. The zero-order chi connectivity index (χ0) is 32.5. The minimum atomic E-state index is -2.89. The van der Waals surface area contributed by atoms with E-state index >= 15 is 0 Å². The Morgan fingerprint density at radius 1 is 1.00 bits per heavy atom. The molecular formula is C34H39F2N5O3S. The highest BCUT2D eigenvalue weighted by Gasteiger charge is 2.25. The van der Waals surface area contributed by atoms with Crippen molar-refractivity contribution in [2.75, 3.05) is 13.6 Å². The van der Waals surface area contributed by atoms with Gasteiger partial charge in [0, 0.05) is 60.3 Å². The number of pyridine rings is 1. The molecule has 0 saturated carbocycles. The summed E-state index contributed by atoms with van der Waals surface area (Å²) in [5.41, 5.74) is 3.22. The van der Waals surface area contributed by atoms with Gasteiger partial charge in [-0.2, -0.15) is 0 Å². The predicted octanol–water partition coefficient (Wildman–Crippen LogP) is 5.67. The molecule has 238 valence electrons. The molecule has 0 spiro atoms. The van der Waals surface area contributed by atoms with Crippen molar-refractivity contribution in [1.82, 2.24) is 25.5 Å². The monoisotopic (exact) mass is 635 g/mol. The van der Waals surface area contributed by atoms with E-state index in [2.05, 4.69) is 40.5 Å². The number of benzene rings is 2. The quantitative estimate of drug-likeness (QED) is 0.165. The Kier molecular flexibility index (Phi) is 11.9. The molecule has 2 atom stereocenters. The molecule has 11 heteroatoms. The number of aliphatic hydroxyl groups is 1. The number of carbonyl (C=O) groups is 2. The number of hydrogen-bond acceptors (Lipinski definition) is 7. The van der Waals surface area contributed by atoms with E-state index in [4.69, 9.17) is 0 Å². The van der Waals surface area contributed by atoms with Crippen molar-refractivity contribution in [3.05, 3.63) is 116 Å². The first-order chi connectivity index (χ1) is 21.5. The lowest BCUT2D eigenvalue weighted by atomic mass is 9.99. The highest BCUT2D eigenvalue weighted by Crippen LogP contribution is 2.24. The van der Waals surface area contributed by atoms with Gasteiger partial charge >= 0.3 is 0 Å². The topological polar surface area (TPSA) is 107 Å². The summed E-state index contributed by atoms with van der Waals surface area (Å²) in [6, 6.07) is 14.2. The number of nitrogens with zero attached hydrogens (tertiary/aromatic N) is 3. The van der Waals surface area contributed by atoms with E-state index in [-0.39, 0.29) is 24.2 Å². The Balaban J connectivity index is 1.51. The van der Waals surface area contributed by atoms with E-state index in [1.807, 2.05) is 48.8 Å². The minimum Gasteiger partial charge on any atom is -0.390 e. The molecular weight excluding hydrogens is 596 g/mol. The zero-order valence-corrected chi connectivity index (χ0v) is 26.7. The lowest BCUT2D eigenvalue weighted by Gasteiger charge is -2.25. The van der Waals surface area contributed by atoms with Gasteiger partial charge in [-0.3, -0.25) is 14.6 Å². The second-order valence-corrected chi connectivity index (χ2v) is 12.4. The van der Waals surface area contributed by atoms with Crippen LogP contribution in [0.3, 0.4) is 0 Å². The summed E-state index contributed by atoms with van der Waals surface area (Å²) in [5, 5.41) is 19.9. The van der Waals surface area contributed by atoms with Crippen LogP contribution in [0.2, 0.25) is 0 Å². The number of nitrogens with one attached hydrogen (secondary N) is 2. The van der Waals surface area contributed by atoms with Crippen LogP contribution in [0.1, 0.15) is 79.9 Å². The summed E-state index contributed by atoms with van der Waals surface area (Å²) in [7, 11) is 1.56. The second-order valence-electron chi connectivity index (χ2n) is 11.4. The van der Waals surface area contributed by atoms with Crippen molar-refractivity contribution in [2.24, 2.45) is 0 Å². The van der Waals surface area contributed by atoms with Crippen LogP contribution in [-0.4, -0.2) is 57.5 Å². The molecule has 0 saturated heterocycles. The third kappa shape index (κ3) is 9.71. The van der Waals surface area contributed by atoms with Crippen LogP contribution in [0.4, 0.5) is 8.78 Å². The Morgan fingerprint density at radius 3 is 2.40 bits per heavy atom. The van der Waals surface area contributed by atoms with Crippen LogP contribution in [-0.2, 0) is 19.5 Å². The molecule has 0 radical (unpaired) electrons. The maximum Gasteiger partial charge on any atom is 0.263 e. The number of carbonyl (C=O) groups excluding carboxylic acids is 2. The van der Waals surface area contributed by atoms with Crippen LogP contribution in [0.5, 0.6) is 0 Å². The third-order valence-electron chi connectivity index (χ3n) is 7.35. The number of halogens is 2. The van der Waals surface area contributed by atoms with Gasteiger partial charge in [-0.25, -0.2) is 13.8 Å². The number of hydrogen-bond donors (Lipinski definition) is 3. The van der Waals surface area contributed by atoms with Crippen LogP contribution in [0.15, 0.2) is 72.4 Å². The first-order valence-corrected chi connectivity index (χ1v) is 15.6. The summed E-state index contributed by atoms with van der Waals surface area (Å²) in [5.74, 6) is -0.852. The molecule has 2 heterocycles. The maximum absolute atomic E-state index is 13.9. The van der Waals surface area contributed by atoms with Crippen LogP contribution in [0, 0.1) is 6.92 Å². The predicted molar refractivity (Wildman–Crippen MR) is 171 cm³/mol. The van der Waals surface area contributed by atoms with Crippen molar-refractivity contribution >= 4 is 23.2 Å². The largest absolute Gasteiger partial charge is 0.390 e. The molecule has 0 aliphatic rings. The molecule has 0 unspecified atom stereocenters. The lowest BCUT2D eigenvalue weighted by Crippen LogP contribution is -2.48. The molecule has 4 aromatic rings. The molecule has 0 bridgehead atoms. The highest BCUT2D eigenvalue weighted by atomic mass is 32.1. The number of alkyl halides is 2. The summed E-state index contributed by atoms with van der Waals surface area (Å²) >= 11 is 1.40. The minimum absolute atomic E-state index is 0.0345. The molecule has 2 aromatic heterocycles. The van der Waals surface area contributed by atoms with Crippen molar-refractivity contribution in [3.8, 4) is 0 Å². The van der Waals surface area contributed by atoms with Crippen molar-refractivity contribution in [2.45, 2.75) is 64.8 Å². The molecule has 45 heavy (non-hydrogen) atoms. The zero-order valence-electron chi connectivity index (χ0n) is 25.8. The van der Waals surface area contributed by atoms with Gasteiger partial charge in [0.15, 0.2) is 0 Å². The van der Waals surface area contributed by atoms with E-state index in [9.17, 15) is 23.5 Å². The first kappa shape index (κ1) is 33.8. The van der Waals surface area contributed by atoms with Crippen LogP contribution >= 0.6 is 11.3 Å². The fraction of sp³-hybridized carbons (Fsp3) is 0.353. The molecule has 0 fully saturated rings. The third-order valence-corrected chi connectivity index (χ3v) is 8.30. The molecule has 0 aliphatic heterocycles. The number of thiazole rings is 1. The number of aromatic nitrogens is 2. The Labute approximate surface area is 266 Å². The second kappa shape index (κ2) is 15.8. The number of rotatable bonds is 14. The van der Waals surface area contributed by atoms with Gasteiger partial charge in [0.25, 0.3) is 18.2 Å². The Bertz CT molecular complexity index is 1580. The normalized spacial score (nSPS) is 12.7. The van der Waals surface area contributed by atoms with Crippen molar-refractivity contribution in [3.63, 3.8) is 0 Å². The first-order valence-electron chi connectivity index (χ1n) is 14.8. The van der Waals surface area contributed by atoms with E-state index < -0.39 is 35.9 Å². The smallest absolute Gasteiger partial charge is 0.263 e.